The second-order valence-corrected chi connectivity index (χ2v) is 9.57. The monoisotopic (exact) mass is 533 g/mol. The molecule has 0 amide bonds. The van der Waals surface area contributed by atoms with Crippen LogP contribution in [0, 0.1) is 13.8 Å². The smallest absolute Gasteiger partial charge is 0.282 e. The van der Waals surface area contributed by atoms with Crippen LogP contribution in [0.1, 0.15) is 50.0 Å². The van der Waals surface area contributed by atoms with E-state index in [-0.39, 0.29) is 5.56 Å². The van der Waals surface area contributed by atoms with Crippen LogP contribution < -0.4 is 10.5 Å². The van der Waals surface area contributed by atoms with Crippen molar-refractivity contribution in [3.05, 3.63) is 86.1 Å². The molecule has 2 aromatic heterocycles. The summed E-state index contributed by atoms with van der Waals surface area (Å²) < 4.78 is 4.51. The van der Waals surface area contributed by atoms with Crippen LogP contribution in [0.3, 0.4) is 0 Å². The van der Waals surface area contributed by atoms with E-state index in [2.05, 4.69) is 95.4 Å². The minimum atomic E-state index is -0.156. The second-order valence-electron chi connectivity index (χ2n) is 8.65. The number of aromatic nitrogens is 3. The molecule has 0 aliphatic carbocycles. The van der Waals surface area contributed by atoms with E-state index in [9.17, 15) is 4.79 Å². The SMILES string of the molecule is CCCc1nc2ccc(Br)cc2c(=O)n1N=Cc1cc(C)n(-c2ccc(N(CC)CC)cc2)c1C. The molecular weight excluding hydrogens is 502 g/mol. The van der Waals surface area contributed by atoms with Gasteiger partial charge in [-0.1, -0.05) is 22.9 Å². The highest BCUT2D eigenvalue weighted by atomic mass is 79.9. The average molecular weight is 535 g/mol. The van der Waals surface area contributed by atoms with E-state index in [1.165, 1.54) is 10.4 Å². The summed E-state index contributed by atoms with van der Waals surface area (Å²) in [7, 11) is 0. The fraction of sp³-hybridized carbons (Fsp3) is 0.321. The number of benzene rings is 2. The maximum Gasteiger partial charge on any atom is 0.282 e. The van der Waals surface area contributed by atoms with Gasteiger partial charge in [0.05, 0.1) is 17.1 Å². The van der Waals surface area contributed by atoms with Crippen LogP contribution >= 0.6 is 15.9 Å². The van der Waals surface area contributed by atoms with E-state index >= 15 is 0 Å². The Kier molecular flexibility index (Phi) is 7.55. The fourth-order valence-electron chi connectivity index (χ4n) is 4.54. The number of hydrogen-bond acceptors (Lipinski definition) is 4. The Balaban J connectivity index is 1.73. The van der Waals surface area contributed by atoms with Crippen LogP contribution in [0.25, 0.3) is 16.6 Å². The third-order valence-electron chi connectivity index (χ3n) is 6.37. The van der Waals surface area contributed by atoms with Crippen LogP contribution in [0.5, 0.6) is 0 Å². The first-order valence-corrected chi connectivity index (χ1v) is 13.0. The summed E-state index contributed by atoms with van der Waals surface area (Å²) >= 11 is 3.46. The van der Waals surface area contributed by atoms with Crippen molar-refractivity contribution in [2.24, 2.45) is 5.10 Å². The van der Waals surface area contributed by atoms with E-state index in [0.29, 0.717) is 23.1 Å². The summed E-state index contributed by atoms with van der Waals surface area (Å²) in [4.78, 5) is 20.4. The second kappa shape index (κ2) is 10.6. The van der Waals surface area contributed by atoms with Gasteiger partial charge in [0.15, 0.2) is 0 Å². The molecule has 0 saturated carbocycles. The highest BCUT2D eigenvalue weighted by Gasteiger charge is 2.13. The Morgan fingerprint density at radius 1 is 1.03 bits per heavy atom. The number of aryl methyl sites for hydroxylation is 2. The topological polar surface area (TPSA) is 55.4 Å². The lowest BCUT2D eigenvalue weighted by Crippen LogP contribution is -2.22. The Morgan fingerprint density at radius 3 is 2.40 bits per heavy atom. The van der Waals surface area contributed by atoms with Crippen molar-refractivity contribution in [3.8, 4) is 5.69 Å². The van der Waals surface area contributed by atoms with Gasteiger partial charge in [0.2, 0.25) is 0 Å². The van der Waals surface area contributed by atoms with Crippen LogP contribution in [0.15, 0.2) is 62.9 Å². The summed E-state index contributed by atoms with van der Waals surface area (Å²) in [5, 5.41) is 5.18. The predicted molar refractivity (Wildman–Crippen MR) is 149 cm³/mol. The highest BCUT2D eigenvalue weighted by Crippen LogP contribution is 2.23. The summed E-state index contributed by atoms with van der Waals surface area (Å²) in [5.41, 5.74) is 6.03. The van der Waals surface area contributed by atoms with Crippen molar-refractivity contribution in [2.75, 3.05) is 18.0 Å². The van der Waals surface area contributed by atoms with Gasteiger partial charge in [0.25, 0.3) is 5.56 Å². The first-order chi connectivity index (χ1) is 16.9. The van der Waals surface area contributed by atoms with E-state index in [0.717, 1.165) is 46.6 Å². The van der Waals surface area contributed by atoms with E-state index < -0.39 is 0 Å². The van der Waals surface area contributed by atoms with Gasteiger partial charge in [-0.25, -0.2) is 4.98 Å². The Hall–Kier alpha value is -3.19. The summed E-state index contributed by atoms with van der Waals surface area (Å²) in [6.07, 6.45) is 3.33. The van der Waals surface area contributed by atoms with Gasteiger partial charge < -0.3 is 9.47 Å². The molecule has 4 rings (SSSR count). The molecule has 2 aromatic carbocycles. The van der Waals surface area contributed by atoms with Crippen LogP contribution in [-0.2, 0) is 6.42 Å². The number of anilines is 1. The number of hydrogen-bond donors (Lipinski definition) is 0. The number of fused-ring (bicyclic) bond motifs is 1. The van der Waals surface area contributed by atoms with Crippen molar-refractivity contribution in [1.29, 1.82) is 0 Å². The van der Waals surface area contributed by atoms with Gasteiger partial charge in [-0.2, -0.15) is 9.78 Å². The zero-order valence-electron chi connectivity index (χ0n) is 21.0. The molecule has 182 valence electrons. The Bertz CT molecular complexity index is 1430. The predicted octanol–water partition coefficient (Wildman–Crippen LogP) is 6.25. The highest BCUT2D eigenvalue weighted by molar-refractivity contribution is 9.10. The number of halogens is 1. The fourth-order valence-corrected chi connectivity index (χ4v) is 4.90. The molecule has 0 aliphatic rings. The molecule has 0 N–H and O–H groups in total. The lowest BCUT2D eigenvalue weighted by atomic mass is 10.2. The maximum absolute atomic E-state index is 13.3. The molecule has 6 nitrogen and oxygen atoms in total. The molecule has 0 radical (unpaired) electrons. The normalized spacial score (nSPS) is 11.6. The zero-order valence-corrected chi connectivity index (χ0v) is 22.6. The largest absolute Gasteiger partial charge is 0.372 e. The van der Waals surface area contributed by atoms with Crippen molar-refractivity contribution >= 4 is 38.7 Å². The molecule has 0 saturated heterocycles. The first-order valence-electron chi connectivity index (χ1n) is 12.2. The van der Waals surface area contributed by atoms with Gasteiger partial charge in [-0.15, -0.1) is 0 Å². The molecular formula is C28H32BrN5O. The van der Waals surface area contributed by atoms with Gasteiger partial charge in [-0.3, -0.25) is 4.79 Å². The van der Waals surface area contributed by atoms with Crippen molar-refractivity contribution < 1.29 is 0 Å². The molecule has 4 aromatic rings. The van der Waals surface area contributed by atoms with Crippen molar-refractivity contribution in [2.45, 2.75) is 47.5 Å². The summed E-state index contributed by atoms with van der Waals surface area (Å²) in [6.45, 7) is 12.6. The van der Waals surface area contributed by atoms with Gasteiger partial charge in [0, 0.05) is 52.3 Å². The van der Waals surface area contributed by atoms with Crippen LogP contribution in [-0.4, -0.2) is 33.5 Å². The van der Waals surface area contributed by atoms with E-state index in [1.807, 2.05) is 12.1 Å². The Labute approximate surface area is 215 Å². The molecule has 0 atom stereocenters. The number of rotatable bonds is 8. The lowest BCUT2D eigenvalue weighted by molar-refractivity contribution is 0.703. The standard InChI is InChI=1S/C28H32BrN5O/c1-6-9-27-31-26-15-10-22(29)17-25(26)28(35)34(27)30-18-21-16-19(4)33(20(21)5)24-13-11-23(12-14-24)32(7-2)8-3/h10-18H,6-9H2,1-5H3. The molecule has 0 spiro atoms. The lowest BCUT2D eigenvalue weighted by Gasteiger charge is -2.21. The van der Waals surface area contributed by atoms with E-state index in [4.69, 9.17) is 4.98 Å². The average Bonchev–Trinajstić information content (AvgIpc) is 3.13. The number of nitrogens with zero attached hydrogens (tertiary/aromatic N) is 5. The first kappa shape index (κ1) is 24.9. The molecule has 0 bridgehead atoms. The van der Waals surface area contributed by atoms with E-state index in [1.54, 1.807) is 12.3 Å². The molecule has 0 fully saturated rings. The molecule has 0 unspecified atom stereocenters. The van der Waals surface area contributed by atoms with Crippen LogP contribution in [0.2, 0.25) is 0 Å². The van der Waals surface area contributed by atoms with Gasteiger partial charge in [-0.05, 0) is 82.6 Å². The van der Waals surface area contributed by atoms with Crippen molar-refractivity contribution in [3.63, 3.8) is 0 Å². The quantitative estimate of drug-likeness (QED) is 0.251. The maximum atomic E-state index is 13.3. The minimum absolute atomic E-state index is 0.156. The van der Waals surface area contributed by atoms with Crippen molar-refractivity contribution in [1.82, 2.24) is 14.2 Å². The molecule has 35 heavy (non-hydrogen) atoms. The molecule has 0 aliphatic heterocycles. The van der Waals surface area contributed by atoms with Gasteiger partial charge >= 0.3 is 0 Å². The zero-order chi connectivity index (χ0) is 25.1. The third-order valence-corrected chi connectivity index (χ3v) is 6.86. The Morgan fingerprint density at radius 2 is 1.74 bits per heavy atom. The third kappa shape index (κ3) is 4.96. The van der Waals surface area contributed by atoms with Gasteiger partial charge in [0.1, 0.15) is 5.82 Å². The minimum Gasteiger partial charge on any atom is -0.372 e. The van der Waals surface area contributed by atoms with Crippen LogP contribution in [0.4, 0.5) is 5.69 Å². The molecule has 7 heteroatoms. The summed E-state index contributed by atoms with van der Waals surface area (Å²) in [6, 6.07) is 16.3. The summed E-state index contributed by atoms with van der Waals surface area (Å²) in [5.74, 6) is 0.671. The molecule has 2 heterocycles.